The van der Waals surface area contributed by atoms with Crippen molar-refractivity contribution in [2.75, 3.05) is 6.54 Å². The lowest BCUT2D eigenvalue weighted by atomic mass is 10.3. The lowest BCUT2D eigenvalue weighted by Crippen LogP contribution is -2.12. The number of fused-ring (bicyclic) bond motifs is 1. The molecule has 0 atom stereocenters. The van der Waals surface area contributed by atoms with Crippen LogP contribution in [0.5, 0.6) is 5.75 Å². The summed E-state index contributed by atoms with van der Waals surface area (Å²) in [4.78, 5) is 9.81. The van der Waals surface area contributed by atoms with E-state index in [9.17, 15) is 0 Å². The highest BCUT2D eigenvalue weighted by Crippen LogP contribution is 2.14. The van der Waals surface area contributed by atoms with Gasteiger partial charge in [-0.25, -0.2) is 4.98 Å². The summed E-state index contributed by atoms with van der Waals surface area (Å²) in [5, 5.41) is 5.25. The molecule has 0 amide bonds. The van der Waals surface area contributed by atoms with Gasteiger partial charge in [0.25, 0.3) is 0 Å². The molecule has 0 bridgehead atoms. The number of thiazole rings is 1. The van der Waals surface area contributed by atoms with Crippen molar-refractivity contribution in [3.05, 3.63) is 47.5 Å². The predicted octanol–water partition coefficient (Wildman–Crippen LogP) is 2.48. The SMILES string of the molecule is CCNCc1ccc(OCc2cn3ccsc3n2)cn1. The second-order valence-electron chi connectivity index (χ2n) is 4.38. The van der Waals surface area contributed by atoms with Gasteiger partial charge >= 0.3 is 0 Å². The molecule has 6 heteroatoms. The molecule has 3 aromatic heterocycles. The molecule has 0 aliphatic carbocycles. The fourth-order valence-electron chi connectivity index (χ4n) is 1.86. The van der Waals surface area contributed by atoms with Gasteiger partial charge in [-0.15, -0.1) is 11.3 Å². The zero-order valence-electron chi connectivity index (χ0n) is 11.2. The number of nitrogens with one attached hydrogen (secondary N) is 1. The van der Waals surface area contributed by atoms with Crippen molar-refractivity contribution in [1.29, 1.82) is 0 Å². The third kappa shape index (κ3) is 2.97. The third-order valence-corrected chi connectivity index (χ3v) is 3.65. The molecule has 104 valence electrons. The number of ether oxygens (including phenoxy) is 1. The van der Waals surface area contributed by atoms with Crippen LogP contribution in [0.4, 0.5) is 0 Å². The molecule has 0 aliphatic heterocycles. The monoisotopic (exact) mass is 288 g/mol. The number of hydrogen-bond acceptors (Lipinski definition) is 5. The van der Waals surface area contributed by atoms with Crippen LogP contribution < -0.4 is 10.1 Å². The van der Waals surface area contributed by atoms with Gasteiger partial charge < -0.3 is 10.1 Å². The average molecular weight is 288 g/mol. The first-order chi connectivity index (χ1) is 9.85. The Balaban J connectivity index is 1.58. The highest BCUT2D eigenvalue weighted by Gasteiger charge is 2.03. The lowest BCUT2D eigenvalue weighted by Gasteiger charge is -2.05. The van der Waals surface area contributed by atoms with Crippen LogP contribution in [0.1, 0.15) is 18.3 Å². The van der Waals surface area contributed by atoms with E-state index >= 15 is 0 Å². The second-order valence-corrected chi connectivity index (χ2v) is 5.25. The summed E-state index contributed by atoms with van der Waals surface area (Å²) in [6.07, 6.45) is 5.73. The zero-order valence-corrected chi connectivity index (χ0v) is 12.1. The number of hydrogen-bond donors (Lipinski definition) is 1. The van der Waals surface area contributed by atoms with Crippen molar-refractivity contribution >= 4 is 16.3 Å². The maximum absolute atomic E-state index is 5.70. The molecule has 0 unspecified atom stereocenters. The minimum absolute atomic E-state index is 0.461. The van der Waals surface area contributed by atoms with Crippen molar-refractivity contribution in [2.45, 2.75) is 20.1 Å². The van der Waals surface area contributed by atoms with Crippen LogP contribution in [0.15, 0.2) is 36.1 Å². The Morgan fingerprint density at radius 2 is 2.30 bits per heavy atom. The largest absolute Gasteiger partial charge is 0.486 e. The molecular formula is C14H16N4OS. The van der Waals surface area contributed by atoms with E-state index in [1.54, 1.807) is 17.5 Å². The van der Waals surface area contributed by atoms with Gasteiger partial charge in [0.05, 0.1) is 17.6 Å². The summed E-state index contributed by atoms with van der Waals surface area (Å²) in [6.45, 7) is 4.27. The van der Waals surface area contributed by atoms with Crippen LogP contribution in [0, 0.1) is 0 Å². The molecular weight excluding hydrogens is 272 g/mol. The van der Waals surface area contributed by atoms with Crippen LogP contribution >= 0.6 is 11.3 Å². The summed E-state index contributed by atoms with van der Waals surface area (Å²) in [5.74, 6) is 0.765. The highest BCUT2D eigenvalue weighted by molar-refractivity contribution is 7.15. The normalized spacial score (nSPS) is 11.1. The first-order valence-corrected chi connectivity index (χ1v) is 7.42. The van der Waals surface area contributed by atoms with Crippen LogP contribution in [0.25, 0.3) is 4.96 Å². The minimum Gasteiger partial charge on any atom is -0.486 e. The van der Waals surface area contributed by atoms with Gasteiger partial charge in [-0.3, -0.25) is 9.38 Å². The van der Waals surface area contributed by atoms with E-state index in [1.807, 2.05) is 34.3 Å². The Morgan fingerprint density at radius 1 is 1.35 bits per heavy atom. The Kier molecular flexibility index (Phi) is 3.94. The van der Waals surface area contributed by atoms with Gasteiger partial charge in [0.1, 0.15) is 12.4 Å². The Bertz CT molecular complexity index is 645. The number of rotatable bonds is 6. The fourth-order valence-corrected chi connectivity index (χ4v) is 2.58. The Morgan fingerprint density at radius 3 is 3.05 bits per heavy atom. The zero-order chi connectivity index (χ0) is 13.8. The number of nitrogens with zero attached hydrogens (tertiary/aromatic N) is 3. The van der Waals surface area contributed by atoms with Crippen molar-refractivity contribution in [3.63, 3.8) is 0 Å². The quantitative estimate of drug-likeness (QED) is 0.757. The van der Waals surface area contributed by atoms with Crippen molar-refractivity contribution < 1.29 is 4.74 Å². The molecule has 0 saturated carbocycles. The van der Waals surface area contributed by atoms with E-state index in [4.69, 9.17) is 4.74 Å². The average Bonchev–Trinajstić information content (AvgIpc) is 3.05. The minimum atomic E-state index is 0.461. The second kappa shape index (κ2) is 6.02. The first-order valence-electron chi connectivity index (χ1n) is 6.54. The number of imidazole rings is 1. The molecule has 3 aromatic rings. The van der Waals surface area contributed by atoms with E-state index in [1.165, 1.54) is 0 Å². The number of pyridine rings is 1. The van der Waals surface area contributed by atoms with E-state index < -0.39 is 0 Å². The smallest absolute Gasteiger partial charge is 0.193 e. The summed E-state index contributed by atoms with van der Waals surface area (Å²) in [6, 6.07) is 3.92. The molecule has 1 N–H and O–H groups in total. The van der Waals surface area contributed by atoms with Crippen molar-refractivity contribution in [3.8, 4) is 5.75 Å². The van der Waals surface area contributed by atoms with Gasteiger partial charge in [-0.1, -0.05) is 6.92 Å². The van der Waals surface area contributed by atoms with Crippen LogP contribution in [-0.2, 0) is 13.2 Å². The molecule has 5 nitrogen and oxygen atoms in total. The number of aromatic nitrogens is 3. The molecule has 0 spiro atoms. The summed E-state index contributed by atoms with van der Waals surface area (Å²) in [5.41, 5.74) is 1.94. The van der Waals surface area contributed by atoms with Gasteiger partial charge in [0.2, 0.25) is 0 Å². The van der Waals surface area contributed by atoms with Gasteiger partial charge in [-0.05, 0) is 18.7 Å². The van der Waals surface area contributed by atoms with Gasteiger partial charge in [-0.2, -0.15) is 0 Å². The van der Waals surface area contributed by atoms with Crippen LogP contribution in [0.2, 0.25) is 0 Å². The highest BCUT2D eigenvalue weighted by atomic mass is 32.1. The van der Waals surface area contributed by atoms with Gasteiger partial charge in [0, 0.05) is 24.3 Å². The molecule has 20 heavy (non-hydrogen) atoms. The van der Waals surface area contributed by atoms with E-state index in [2.05, 4.69) is 22.2 Å². The Labute approximate surface area is 121 Å². The summed E-state index contributed by atoms with van der Waals surface area (Å²) >= 11 is 1.62. The molecule has 0 aromatic carbocycles. The van der Waals surface area contributed by atoms with E-state index in [0.29, 0.717) is 6.61 Å². The summed E-state index contributed by atoms with van der Waals surface area (Å²) in [7, 11) is 0. The van der Waals surface area contributed by atoms with E-state index in [-0.39, 0.29) is 0 Å². The maximum Gasteiger partial charge on any atom is 0.193 e. The standard InChI is InChI=1S/C14H16N4OS/c1-2-15-7-11-3-4-13(8-16-11)19-10-12-9-18-5-6-20-14(18)17-12/h3-6,8-9,15H,2,7,10H2,1H3. The predicted molar refractivity (Wildman–Crippen MR) is 79.0 cm³/mol. The Hall–Kier alpha value is -1.92. The van der Waals surface area contributed by atoms with Crippen molar-refractivity contribution in [2.24, 2.45) is 0 Å². The molecule has 0 saturated heterocycles. The van der Waals surface area contributed by atoms with Gasteiger partial charge in [0.15, 0.2) is 4.96 Å². The summed E-state index contributed by atoms with van der Waals surface area (Å²) < 4.78 is 7.70. The topological polar surface area (TPSA) is 51.5 Å². The molecule has 3 heterocycles. The third-order valence-electron chi connectivity index (χ3n) is 2.88. The first kappa shape index (κ1) is 13.1. The molecule has 0 aliphatic rings. The molecule has 0 fully saturated rings. The maximum atomic E-state index is 5.70. The lowest BCUT2D eigenvalue weighted by molar-refractivity contribution is 0.300. The van der Waals surface area contributed by atoms with Crippen LogP contribution in [0.3, 0.4) is 0 Å². The molecule has 0 radical (unpaired) electrons. The van der Waals surface area contributed by atoms with Crippen molar-refractivity contribution in [1.82, 2.24) is 19.7 Å². The fraction of sp³-hybridized carbons (Fsp3) is 0.286. The van der Waals surface area contributed by atoms with Crippen LogP contribution in [-0.4, -0.2) is 20.9 Å². The van der Waals surface area contributed by atoms with E-state index in [0.717, 1.165) is 35.2 Å². The molecule has 3 rings (SSSR count).